The quantitative estimate of drug-likeness (QED) is 0.150. The number of para-hydroxylation sites is 2. The van der Waals surface area contributed by atoms with Crippen molar-refractivity contribution in [3.8, 4) is 50.2 Å². The standard InChI is InChI=1S/C58H40N2/c1-3-13-41(14-4-1)43-23-25-44(26-24-43)46-29-36-50(37-30-46)59(49-34-27-45(28-35-49)42-15-5-2-6-16-42)51-38-31-48(32-39-51)52-18-9-11-21-55(52)60-56-22-12-10-20-54(56)58-53-19-8-7-17-47(53)33-40-57(58)60/h1-40H. The lowest BCUT2D eigenvalue weighted by Gasteiger charge is -2.26. The minimum Gasteiger partial charge on any atom is -0.311 e. The molecule has 0 aliphatic heterocycles. The SMILES string of the molecule is c1ccc(-c2ccc(-c3ccc(N(c4ccc(-c5ccccc5)cc4)c4ccc(-c5ccccc5-n5c6ccccc6c6c7ccccc7ccc65)cc4)cc3)cc2)cc1. The minimum atomic E-state index is 1.09. The molecule has 2 nitrogen and oxygen atoms in total. The highest BCUT2D eigenvalue weighted by Crippen LogP contribution is 2.41. The molecule has 0 saturated carbocycles. The van der Waals surface area contributed by atoms with Crippen LogP contribution < -0.4 is 4.90 Å². The van der Waals surface area contributed by atoms with Crippen LogP contribution in [0.15, 0.2) is 243 Å². The predicted octanol–water partition coefficient (Wildman–Crippen LogP) is 16.1. The maximum absolute atomic E-state index is 2.44. The van der Waals surface area contributed by atoms with Gasteiger partial charge in [0.25, 0.3) is 0 Å². The molecule has 2 heteroatoms. The second kappa shape index (κ2) is 15.1. The van der Waals surface area contributed by atoms with Crippen LogP contribution >= 0.6 is 0 Å². The number of anilines is 3. The Labute approximate surface area is 350 Å². The maximum Gasteiger partial charge on any atom is 0.0547 e. The Balaban J connectivity index is 0.980. The molecule has 0 aliphatic carbocycles. The van der Waals surface area contributed by atoms with E-state index in [9.17, 15) is 0 Å². The number of fused-ring (bicyclic) bond motifs is 5. The zero-order valence-corrected chi connectivity index (χ0v) is 33.0. The Hall–Kier alpha value is -7.94. The first-order valence-electron chi connectivity index (χ1n) is 20.6. The fourth-order valence-electron chi connectivity index (χ4n) is 8.87. The number of rotatable bonds is 8. The topological polar surface area (TPSA) is 8.17 Å². The lowest BCUT2D eigenvalue weighted by atomic mass is 10.00. The minimum absolute atomic E-state index is 1.09. The van der Waals surface area contributed by atoms with Crippen LogP contribution in [-0.4, -0.2) is 4.57 Å². The monoisotopic (exact) mass is 764 g/mol. The smallest absolute Gasteiger partial charge is 0.0547 e. The van der Waals surface area contributed by atoms with Crippen molar-refractivity contribution < 1.29 is 0 Å². The first-order chi connectivity index (χ1) is 29.8. The summed E-state index contributed by atoms with van der Waals surface area (Å²) < 4.78 is 2.44. The molecule has 11 aromatic rings. The van der Waals surface area contributed by atoms with Gasteiger partial charge >= 0.3 is 0 Å². The number of aromatic nitrogens is 1. The molecule has 1 heterocycles. The fraction of sp³-hybridized carbons (Fsp3) is 0. The van der Waals surface area contributed by atoms with Gasteiger partial charge in [0.15, 0.2) is 0 Å². The molecule has 0 saturated heterocycles. The van der Waals surface area contributed by atoms with Crippen LogP contribution in [0.4, 0.5) is 17.1 Å². The van der Waals surface area contributed by atoms with Crippen LogP contribution in [0.2, 0.25) is 0 Å². The lowest BCUT2D eigenvalue weighted by molar-refractivity contribution is 1.18. The van der Waals surface area contributed by atoms with Crippen molar-refractivity contribution in [3.05, 3.63) is 243 Å². The molecule has 0 fully saturated rings. The summed E-state index contributed by atoms with van der Waals surface area (Å²) in [6.45, 7) is 0. The van der Waals surface area contributed by atoms with E-state index in [0.717, 1.165) is 28.3 Å². The first-order valence-corrected chi connectivity index (χ1v) is 20.6. The van der Waals surface area contributed by atoms with Gasteiger partial charge in [0.2, 0.25) is 0 Å². The molecule has 282 valence electrons. The number of hydrogen-bond acceptors (Lipinski definition) is 1. The Bertz CT molecular complexity index is 3250. The average molecular weight is 765 g/mol. The summed E-state index contributed by atoms with van der Waals surface area (Å²) in [5, 5.41) is 5.08. The van der Waals surface area contributed by atoms with Crippen molar-refractivity contribution in [3.63, 3.8) is 0 Å². The Morgan fingerprint density at radius 3 is 1.25 bits per heavy atom. The van der Waals surface area contributed by atoms with Gasteiger partial charge in [-0.1, -0.05) is 188 Å². The van der Waals surface area contributed by atoms with Gasteiger partial charge in [0, 0.05) is 33.4 Å². The van der Waals surface area contributed by atoms with Crippen LogP contribution in [0.3, 0.4) is 0 Å². The van der Waals surface area contributed by atoms with E-state index in [0.29, 0.717) is 0 Å². The highest BCUT2D eigenvalue weighted by molar-refractivity contribution is 6.21. The van der Waals surface area contributed by atoms with Gasteiger partial charge in [0.05, 0.1) is 16.7 Å². The molecule has 0 N–H and O–H groups in total. The molecule has 0 unspecified atom stereocenters. The molecular weight excluding hydrogens is 725 g/mol. The fourth-order valence-corrected chi connectivity index (χ4v) is 8.87. The third kappa shape index (κ3) is 6.32. The molecule has 1 aromatic heterocycles. The van der Waals surface area contributed by atoms with Crippen molar-refractivity contribution >= 4 is 49.6 Å². The Kier molecular flexibility index (Phi) is 8.87. The zero-order chi connectivity index (χ0) is 39.8. The van der Waals surface area contributed by atoms with Gasteiger partial charge < -0.3 is 9.47 Å². The summed E-state index contributed by atoms with van der Waals surface area (Å²) in [4.78, 5) is 2.35. The van der Waals surface area contributed by atoms with Crippen molar-refractivity contribution in [1.82, 2.24) is 4.57 Å². The van der Waals surface area contributed by atoms with E-state index in [2.05, 4.69) is 252 Å². The van der Waals surface area contributed by atoms with Crippen LogP contribution in [0, 0.1) is 0 Å². The summed E-state index contributed by atoms with van der Waals surface area (Å²) in [6, 6.07) is 87.7. The molecule has 0 aliphatic rings. The van der Waals surface area contributed by atoms with Crippen LogP contribution in [0.25, 0.3) is 82.8 Å². The molecule has 0 radical (unpaired) electrons. The van der Waals surface area contributed by atoms with Gasteiger partial charge in [0.1, 0.15) is 0 Å². The summed E-state index contributed by atoms with van der Waals surface area (Å²) in [7, 11) is 0. The molecule has 0 atom stereocenters. The predicted molar refractivity (Wildman–Crippen MR) is 255 cm³/mol. The second-order valence-corrected chi connectivity index (χ2v) is 15.3. The first kappa shape index (κ1) is 35.2. The average Bonchev–Trinajstić information content (AvgIpc) is 3.68. The summed E-state index contributed by atoms with van der Waals surface area (Å²) >= 11 is 0. The summed E-state index contributed by atoms with van der Waals surface area (Å²) in [6.07, 6.45) is 0. The van der Waals surface area contributed by atoms with Crippen molar-refractivity contribution in [2.24, 2.45) is 0 Å². The van der Waals surface area contributed by atoms with Crippen LogP contribution in [0.1, 0.15) is 0 Å². The summed E-state index contributed by atoms with van der Waals surface area (Å²) in [5.74, 6) is 0. The lowest BCUT2D eigenvalue weighted by Crippen LogP contribution is -2.09. The Morgan fingerprint density at radius 1 is 0.267 bits per heavy atom. The molecule has 0 spiro atoms. The van der Waals surface area contributed by atoms with Gasteiger partial charge in [-0.25, -0.2) is 0 Å². The largest absolute Gasteiger partial charge is 0.311 e. The molecule has 10 aromatic carbocycles. The number of hydrogen-bond donors (Lipinski definition) is 0. The third-order valence-corrected chi connectivity index (χ3v) is 11.8. The van der Waals surface area contributed by atoms with Gasteiger partial charge in [-0.05, 0) is 104 Å². The van der Waals surface area contributed by atoms with Gasteiger partial charge in [-0.15, -0.1) is 0 Å². The highest BCUT2D eigenvalue weighted by atomic mass is 15.1. The number of benzene rings is 10. The highest BCUT2D eigenvalue weighted by Gasteiger charge is 2.18. The second-order valence-electron chi connectivity index (χ2n) is 15.3. The van der Waals surface area contributed by atoms with E-state index >= 15 is 0 Å². The number of nitrogens with zero attached hydrogens (tertiary/aromatic N) is 2. The van der Waals surface area contributed by atoms with Gasteiger partial charge in [-0.2, -0.15) is 0 Å². The van der Waals surface area contributed by atoms with Gasteiger partial charge in [-0.3, -0.25) is 0 Å². The normalized spacial score (nSPS) is 11.3. The van der Waals surface area contributed by atoms with Crippen LogP contribution in [0.5, 0.6) is 0 Å². The van der Waals surface area contributed by atoms with E-state index in [1.165, 1.54) is 71.5 Å². The Morgan fingerprint density at radius 2 is 0.683 bits per heavy atom. The van der Waals surface area contributed by atoms with E-state index < -0.39 is 0 Å². The van der Waals surface area contributed by atoms with Crippen molar-refractivity contribution in [2.45, 2.75) is 0 Å². The molecular formula is C58H40N2. The van der Waals surface area contributed by atoms with E-state index in [1.807, 2.05) is 0 Å². The molecule has 0 bridgehead atoms. The maximum atomic E-state index is 2.44. The van der Waals surface area contributed by atoms with E-state index in [-0.39, 0.29) is 0 Å². The van der Waals surface area contributed by atoms with Crippen LogP contribution in [-0.2, 0) is 0 Å². The molecule has 11 rings (SSSR count). The van der Waals surface area contributed by atoms with Crippen molar-refractivity contribution in [2.75, 3.05) is 4.90 Å². The third-order valence-electron chi connectivity index (χ3n) is 11.8. The van der Waals surface area contributed by atoms with E-state index in [4.69, 9.17) is 0 Å². The molecule has 0 amide bonds. The summed E-state index contributed by atoms with van der Waals surface area (Å²) in [5.41, 5.74) is 16.4. The van der Waals surface area contributed by atoms with Crippen molar-refractivity contribution in [1.29, 1.82) is 0 Å². The molecule has 60 heavy (non-hydrogen) atoms. The zero-order valence-electron chi connectivity index (χ0n) is 33.0. The van der Waals surface area contributed by atoms with E-state index in [1.54, 1.807) is 0 Å².